The molecule has 2 aromatic heterocycles. The molecule has 0 radical (unpaired) electrons. The number of nitrogens with zero attached hydrogens (tertiary/aromatic N) is 2. The van der Waals surface area contributed by atoms with Crippen LogP contribution in [0.5, 0.6) is 0 Å². The molecule has 1 saturated carbocycles. The number of amides is 1. The van der Waals surface area contributed by atoms with Crippen molar-refractivity contribution in [3.8, 4) is 0 Å². The van der Waals surface area contributed by atoms with Crippen LogP contribution in [-0.4, -0.2) is 40.5 Å². The van der Waals surface area contributed by atoms with Gasteiger partial charge in [0.15, 0.2) is 0 Å². The molecular weight excluding hydrogens is 424 g/mol. The van der Waals surface area contributed by atoms with Crippen LogP contribution < -0.4 is 5.32 Å². The zero-order chi connectivity index (χ0) is 23.8. The molecule has 1 saturated heterocycles. The molecule has 1 aliphatic heterocycles. The number of halogens is 2. The number of aromatic nitrogens is 2. The number of aryl methyl sites for hydroxylation is 1. The Labute approximate surface area is 195 Å². The van der Waals surface area contributed by atoms with E-state index in [4.69, 9.17) is 9.72 Å². The predicted octanol–water partition coefficient (Wildman–Crippen LogP) is 5.61. The maximum absolute atomic E-state index is 13.7. The van der Waals surface area contributed by atoms with Gasteiger partial charge in [-0.2, -0.15) is 0 Å². The number of fused-ring (bicyclic) bond motifs is 1. The minimum absolute atomic E-state index is 0.0313. The molecule has 0 unspecified atom stereocenters. The molecule has 33 heavy (non-hydrogen) atoms. The third kappa shape index (κ3) is 5.23. The monoisotopic (exact) mass is 461 g/mol. The summed E-state index contributed by atoms with van der Waals surface area (Å²) in [5.74, 6) is -2.38. The molecule has 2 aliphatic rings. The smallest absolute Gasteiger partial charge is 0.251 e. The first-order valence-corrected chi connectivity index (χ1v) is 12.4. The Morgan fingerprint density at radius 3 is 2.52 bits per heavy atom. The summed E-state index contributed by atoms with van der Waals surface area (Å²) in [7, 11) is 0. The first-order chi connectivity index (χ1) is 15.6. The molecule has 1 N–H and O–H groups in total. The average molecular weight is 462 g/mol. The largest absolute Gasteiger partial charge is 0.381 e. The second-order valence-corrected chi connectivity index (χ2v) is 10.6. The summed E-state index contributed by atoms with van der Waals surface area (Å²) in [6, 6.07) is 3.93. The van der Waals surface area contributed by atoms with Crippen molar-refractivity contribution >= 4 is 11.6 Å². The average Bonchev–Trinajstić information content (AvgIpc) is 3.15. The molecule has 2 aromatic rings. The number of imidazole rings is 1. The van der Waals surface area contributed by atoms with Crippen LogP contribution in [0.3, 0.4) is 0 Å². The molecule has 3 heterocycles. The van der Waals surface area contributed by atoms with Gasteiger partial charge in [0, 0.05) is 54.5 Å². The van der Waals surface area contributed by atoms with Crippen LogP contribution in [0, 0.1) is 12.8 Å². The second kappa shape index (κ2) is 9.32. The van der Waals surface area contributed by atoms with E-state index in [2.05, 4.69) is 30.5 Å². The normalized spacial score (nSPS) is 20.3. The van der Waals surface area contributed by atoms with E-state index >= 15 is 0 Å². The number of rotatable bonds is 6. The highest BCUT2D eigenvalue weighted by Crippen LogP contribution is 2.39. The van der Waals surface area contributed by atoms with Crippen LogP contribution in [0.2, 0.25) is 0 Å². The van der Waals surface area contributed by atoms with Crippen molar-refractivity contribution < 1.29 is 18.3 Å². The van der Waals surface area contributed by atoms with Crippen molar-refractivity contribution in [3.05, 3.63) is 34.8 Å². The summed E-state index contributed by atoms with van der Waals surface area (Å²) >= 11 is 0. The van der Waals surface area contributed by atoms with Gasteiger partial charge in [-0.15, -0.1) is 0 Å². The molecule has 1 aliphatic carbocycles. The van der Waals surface area contributed by atoms with Crippen LogP contribution in [0.1, 0.15) is 93.2 Å². The number of alkyl halides is 2. The lowest BCUT2D eigenvalue weighted by Crippen LogP contribution is -2.38. The third-order valence-corrected chi connectivity index (χ3v) is 7.66. The zero-order valence-electron chi connectivity index (χ0n) is 20.3. The van der Waals surface area contributed by atoms with Gasteiger partial charge in [0.05, 0.1) is 5.69 Å². The minimum Gasteiger partial charge on any atom is -0.381 e. The molecule has 0 aromatic carbocycles. The lowest BCUT2D eigenvalue weighted by Gasteiger charge is -2.29. The highest BCUT2D eigenvalue weighted by Gasteiger charge is 2.36. The van der Waals surface area contributed by atoms with E-state index in [1.807, 2.05) is 19.1 Å². The number of carbonyl (C=O) groups is 1. The van der Waals surface area contributed by atoms with Crippen molar-refractivity contribution in [3.63, 3.8) is 0 Å². The lowest BCUT2D eigenvalue weighted by atomic mass is 9.80. The van der Waals surface area contributed by atoms with Crippen LogP contribution in [0.4, 0.5) is 8.78 Å². The Hall–Kier alpha value is -2.02. The van der Waals surface area contributed by atoms with E-state index in [0.717, 1.165) is 48.4 Å². The Balaban J connectivity index is 1.67. The fraction of sp³-hybridized carbons (Fsp3) is 0.692. The molecule has 0 bridgehead atoms. The Kier molecular flexibility index (Phi) is 6.81. The Bertz CT molecular complexity index is 999. The molecule has 2 fully saturated rings. The summed E-state index contributed by atoms with van der Waals surface area (Å²) in [5, 5.41) is 3.14. The topological polar surface area (TPSA) is 55.6 Å². The number of hydrogen-bond donors (Lipinski definition) is 1. The van der Waals surface area contributed by atoms with Crippen molar-refractivity contribution in [2.24, 2.45) is 5.92 Å². The quantitative estimate of drug-likeness (QED) is 0.609. The molecule has 182 valence electrons. The summed E-state index contributed by atoms with van der Waals surface area (Å²) in [4.78, 5) is 18.0. The van der Waals surface area contributed by atoms with Gasteiger partial charge in [-0.25, -0.2) is 13.8 Å². The number of carbonyl (C=O) groups excluding carboxylic acids is 1. The first-order valence-electron chi connectivity index (χ1n) is 12.4. The summed E-state index contributed by atoms with van der Waals surface area (Å²) < 4.78 is 35.0. The van der Waals surface area contributed by atoms with Crippen LogP contribution in [-0.2, 0) is 16.6 Å². The number of hydrogen-bond acceptors (Lipinski definition) is 3. The molecule has 1 amide bonds. The minimum atomic E-state index is -2.52. The van der Waals surface area contributed by atoms with Crippen molar-refractivity contribution in [1.82, 2.24) is 14.7 Å². The fourth-order valence-corrected chi connectivity index (χ4v) is 5.15. The number of nitrogens with one attached hydrogen (secondary N) is 1. The highest BCUT2D eigenvalue weighted by atomic mass is 19.3. The standard InChI is InChI=1S/C26H37F2N3O2/c1-5-25(3,4)23-21(15-18-6-10-26(27,28)11-7-18)31-17(2)14-19(16-22(31)30-23)24(32)29-20-8-12-33-13-9-20/h14,16,18,20H,5-13,15H2,1-4H3,(H,29,32). The summed E-state index contributed by atoms with van der Waals surface area (Å²) in [5.41, 5.74) is 4.32. The van der Waals surface area contributed by atoms with Gasteiger partial charge >= 0.3 is 0 Å². The molecule has 0 spiro atoms. The fourth-order valence-electron chi connectivity index (χ4n) is 5.15. The zero-order valence-corrected chi connectivity index (χ0v) is 20.3. The molecular formula is C26H37F2N3O2. The SMILES string of the molecule is CCC(C)(C)c1nc2cc(C(=O)NC3CCOCC3)cc(C)n2c1CC1CCC(F)(F)CC1. The van der Waals surface area contributed by atoms with Gasteiger partial charge in [0.2, 0.25) is 5.92 Å². The van der Waals surface area contributed by atoms with Crippen molar-refractivity contribution in [2.75, 3.05) is 13.2 Å². The Morgan fingerprint density at radius 2 is 1.88 bits per heavy atom. The van der Waals surface area contributed by atoms with Crippen LogP contribution in [0.15, 0.2) is 12.1 Å². The number of ether oxygens (including phenoxy) is 1. The molecule has 7 heteroatoms. The van der Waals surface area contributed by atoms with Crippen LogP contribution in [0.25, 0.3) is 5.65 Å². The maximum atomic E-state index is 13.7. The molecule has 4 rings (SSSR count). The lowest BCUT2D eigenvalue weighted by molar-refractivity contribution is -0.0457. The summed E-state index contributed by atoms with van der Waals surface area (Å²) in [6.45, 7) is 9.86. The van der Waals surface area contributed by atoms with Gasteiger partial charge in [-0.3, -0.25) is 4.79 Å². The van der Waals surface area contributed by atoms with Gasteiger partial charge in [0.25, 0.3) is 5.91 Å². The van der Waals surface area contributed by atoms with Gasteiger partial charge in [-0.1, -0.05) is 20.8 Å². The van der Waals surface area contributed by atoms with E-state index in [-0.39, 0.29) is 36.1 Å². The van der Waals surface area contributed by atoms with Crippen molar-refractivity contribution in [2.45, 2.75) is 96.4 Å². The van der Waals surface area contributed by atoms with Crippen molar-refractivity contribution in [1.29, 1.82) is 0 Å². The van der Waals surface area contributed by atoms with E-state index in [9.17, 15) is 13.6 Å². The van der Waals surface area contributed by atoms with Crippen LogP contribution >= 0.6 is 0 Å². The molecule has 0 atom stereocenters. The van der Waals surface area contributed by atoms with Gasteiger partial charge < -0.3 is 14.5 Å². The van der Waals surface area contributed by atoms with E-state index < -0.39 is 5.92 Å². The summed E-state index contributed by atoms with van der Waals surface area (Å²) in [6.07, 6.45) is 4.33. The van der Waals surface area contributed by atoms with E-state index in [0.29, 0.717) is 31.6 Å². The number of pyridine rings is 1. The van der Waals surface area contributed by atoms with Gasteiger partial charge in [0.1, 0.15) is 5.65 Å². The third-order valence-electron chi connectivity index (χ3n) is 7.66. The maximum Gasteiger partial charge on any atom is 0.251 e. The van der Waals surface area contributed by atoms with E-state index in [1.54, 1.807) is 0 Å². The highest BCUT2D eigenvalue weighted by molar-refractivity contribution is 5.95. The second-order valence-electron chi connectivity index (χ2n) is 10.6. The molecule has 5 nitrogen and oxygen atoms in total. The predicted molar refractivity (Wildman–Crippen MR) is 125 cm³/mol. The Morgan fingerprint density at radius 1 is 1.21 bits per heavy atom. The van der Waals surface area contributed by atoms with E-state index in [1.165, 1.54) is 0 Å². The first kappa shape index (κ1) is 24.1. The van der Waals surface area contributed by atoms with Gasteiger partial charge in [-0.05, 0) is 63.5 Å².